The molecular formula is C29H47N5O12. The monoisotopic (exact) mass is 657 g/mol. The minimum atomic E-state index is -1.15. The van der Waals surface area contributed by atoms with E-state index in [4.69, 9.17) is 34.4 Å². The van der Waals surface area contributed by atoms with Crippen molar-refractivity contribution in [3.8, 4) is 0 Å². The molecule has 0 aliphatic heterocycles. The predicted molar refractivity (Wildman–Crippen MR) is 162 cm³/mol. The van der Waals surface area contributed by atoms with Gasteiger partial charge in [-0.1, -0.05) is 18.2 Å². The maximum absolute atomic E-state index is 12.9. The Morgan fingerprint density at radius 1 is 0.609 bits per heavy atom. The quantitative estimate of drug-likeness (QED) is 0.0351. The van der Waals surface area contributed by atoms with Crippen molar-refractivity contribution in [3.05, 3.63) is 35.9 Å². The maximum Gasteiger partial charge on any atom is 0.356 e. The Hall–Kier alpha value is -3.71. The number of hydrogen-bond acceptors (Lipinski definition) is 13. The zero-order chi connectivity index (χ0) is 33.8. The molecule has 0 fully saturated rings. The van der Waals surface area contributed by atoms with E-state index in [0.29, 0.717) is 0 Å². The second kappa shape index (κ2) is 26.5. The third kappa shape index (κ3) is 19.6. The van der Waals surface area contributed by atoms with Crippen LogP contribution in [0.25, 0.3) is 0 Å². The largest absolute Gasteiger partial charge is 0.394 e. The summed E-state index contributed by atoms with van der Waals surface area (Å²) in [4.78, 5) is 68.3. The van der Waals surface area contributed by atoms with Crippen molar-refractivity contribution < 1.29 is 58.3 Å². The van der Waals surface area contributed by atoms with E-state index in [1.54, 1.807) is 18.2 Å². The van der Waals surface area contributed by atoms with Gasteiger partial charge in [0.2, 0.25) is 23.6 Å². The van der Waals surface area contributed by atoms with Gasteiger partial charge in [0.05, 0.1) is 65.0 Å². The van der Waals surface area contributed by atoms with Gasteiger partial charge in [0.25, 0.3) is 0 Å². The summed E-state index contributed by atoms with van der Waals surface area (Å²) in [5, 5.41) is 36.8. The molecule has 17 heteroatoms. The van der Waals surface area contributed by atoms with E-state index in [0.717, 1.165) is 0 Å². The highest BCUT2D eigenvalue weighted by atomic mass is 16.7. The number of aliphatic hydroxyl groups is 3. The van der Waals surface area contributed by atoms with Gasteiger partial charge in [-0.25, -0.2) is 4.79 Å². The Labute approximate surface area is 267 Å². The van der Waals surface area contributed by atoms with Gasteiger partial charge < -0.3 is 55.6 Å². The van der Waals surface area contributed by atoms with Crippen molar-refractivity contribution in [2.45, 2.75) is 37.8 Å². The number of carbonyl (C=O) groups is 5. The molecule has 0 spiro atoms. The molecule has 0 aliphatic carbocycles. The Kier molecular flexibility index (Phi) is 23.2. The topological polar surface area (TPSA) is 243 Å². The van der Waals surface area contributed by atoms with E-state index in [9.17, 15) is 24.0 Å². The Morgan fingerprint density at radius 2 is 1.09 bits per heavy atom. The number of benzene rings is 1. The fraction of sp³-hybridized carbons (Fsp3) is 0.621. The molecule has 4 amide bonds. The van der Waals surface area contributed by atoms with E-state index in [1.807, 2.05) is 0 Å². The highest BCUT2D eigenvalue weighted by Crippen LogP contribution is 2.05. The van der Waals surface area contributed by atoms with Crippen LogP contribution < -0.4 is 26.7 Å². The normalized spacial score (nSPS) is 12.1. The van der Waals surface area contributed by atoms with Gasteiger partial charge in [0, 0.05) is 32.5 Å². The van der Waals surface area contributed by atoms with Crippen LogP contribution in [0.5, 0.6) is 0 Å². The lowest BCUT2D eigenvalue weighted by Gasteiger charge is -2.20. The van der Waals surface area contributed by atoms with E-state index in [2.05, 4.69) is 26.7 Å². The van der Waals surface area contributed by atoms with Crippen molar-refractivity contribution >= 4 is 29.6 Å². The summed E-state index contributed by atoms with van der Waals surface area (Å²) in [5.74, 6) is -2.87. The molecule has 2 atom stereocenters. The second-order valence-corrected chi connectivity index (χ2v) is 9.56. The Morgan fingerprint density at radius 3 is 1.63 bits per heavy atom. The number of hydroxylamine groups is 1. The van der Waals surface area contributed by atoms with Crippen molar-refractivity contribution in [1.82, 2.24) is 26.7 Å². The number of ether oxygens (including phenoxy) is 3. The summed E-state index contributed by atoms with van der Waals surface area (Å²) < 4.78 is 15.3. The zero-order valence-corrected chi connectivity index (χ0v) is 25.9. The van der Waals surface area contributed by atoms with Crippen molar-refractivity contribution in [2.75, 3.05) is 79.1 Å². The first-order valence-electron chi connectivity index (χ1n) is 15.0. The van der Waals surface area contributed by atoms with Crippen LogP contribution >= 0.6 is 0 Å². The van der Waals surface area contributed by atoms with Crippen LogP contribution in [-0.4, -0.2) is 136 Å². The van der Waals surface area contributed by atoms with E-state index < -0.39 is 35.8 Å². The van der Waals surface area contributed by atoms with Gasteiger partial charge >= 0.3 is 5.97 Å². The van der Waals surface area contributed by atoms with E-state index in [-0.39, 0.29) is 116 Å². The van der Waals surface area contributed by atoms with Crippen LogP contribution in [0.15, 0.2) is 30.3 Å². The Balaban J connectivity index is 2.78. The highest BCUT2D eigenvalue weighted by molar-refractivity contribution is 5.90. The van der Waals surface area contributed by atoms with Crippen LogP contribution in [-0.2, 0) is 38.2 Å². The summed E-state index contributed by atoms with van der Waals surface area (Å²) in [6.45, 7) is 0.655. The van der Waals surface area contributed by atoms with E-state index in [1.165, 1.54) is 12.1 Å². The van der Waals surface area contributed by atoms with Gasteiger partial charge in [0.15, 0.2) is 0 Å². The Bertz CT molecular complexity index is 1020. The zero-order valence-electron chi connectivity index (χ0n) is 25.9. The van der Waals surface area contributed by atoms with Crippen molar-refractivity contribution in [2.24, 2.45) is 0 Å². The first-order valence-corrected chi connectivity index (χ1v) is 15.0. The fourth-order valence-corrected chi connectivity index (χ4v) is 3.68. The molecule has 0 saturated heterocycles. The molecule has 0 radical (unpaired) electrons. The number of carbonyl (C=O) groups excluding carboxylic acids is 5. The minimum Gasteiger partial charge on any atom is -0.394 e. The summed E-state index contributed by atoms with van der Waals surface area (Å²) in [6, 6.07) is 5.82. The van der Waals surface area contributed by atoms with Gasteiger partial charge in [0.1, 0.15) is 12.1 Å². The number of aliphatic hydroxyl groups excluding tert-OH is 3. The van der Waals surface area contributed by atoms with Gasteiger partial charge in [-0.05, 0) is 25.0 Å². The number of nitrogens with one attached hydrogen (secondary N) is 5. The minimum absolute atomic E-state index is 0.0386. The lowest BCUT2D eigenvalue weighted by Crippen LogP contribution is -2.49. The smallest absolute Gasteiger partial charge is 0.356 e. The molecule has 1 aromatic rings. The average molecular weight is 658 g/mol. The molecule has 17 nitrogen and oxygen atoms in total. The highest BCUT2D eigenvalue weighted by Gasteiger charge is 2.25. The molecule has 0 aliphatic rings. The van der Waals surface area contributed by atoms with Crippen LogP contribution in [0, 0.1) is 0 Å². The van der Waals surface area contributed by atoms with Gasteiger partial charge in [-0.3, -0.25) is 19.2 Å². The van der Waals surface area contributed by atoms with Crippen LogP contribution in [0.2, 0.25) is 0 Å². The molecule has 8 N–H and O–H groups in total. The molecule has 0 aromatic heterocycles. The fourth-order valence-electron chi connectivity index (χ4n) is 3.68. The van der Waals surface area contributed by atoms with E-state index >= 15 is 0 Å². The SMILES string of the molecule is O=C(CCC(NC(=O)CCC(NOC(=O)c1ccccc1)C(=O)NCCOCCO)C(=O)NCCOCCO)NCCOCCO. The summed E-state index contributed by atoms with van der Waals surface area (Å²) in [7, 11) is 0. The van der Waals surface area contributed by atoms with Gasteiger partial charge in [-0.2, -0.15) is 0 Å². The molecule has 1 aromatic carbocycles. The second-order valence-electron chi connectivity index (χ2n) is 9.56. The standard InChI is InChI=1S/C29H47N5O12/c35-13-19-43-16-10-30-25(38)8-6-23(27(40)31-11-17-44-20-14-36)33-26(39)9-7-24(28(41)32-12-18-45-21-15-37)34-46-29(42)22-4-2-1-3-5-22/h1-5,23-24,34-37H,6-21H2,(H,30,38)(H,31,40)(H,32,41)(H,33,39). The maximum atomic E-state index is 12.9. The van der Waals surface area contributed by atoms with Crippen molar-refractivity contribution in [3.63, 3.8) is 0 Å². The molecule has 46 heavy (non-hydrogen) atoms. The molecular weight excluding hydrogens is 610 g/mol. The molecule has 1 rings (SSSR count). The molecule has 0 bridgehead atoms. The molecule has 0 heterocycles. The predicted octanol–water partition coefficient (Wildman–Crippen LogP) is -2.86. The third-order valence-corrected chi connectivity index (χ3v) is 5.96. The number of amides is 4. The molecule has 260 valence electrons. The molecule has 0 saturated carbocycles. The average Bonchev–Trinajstić information content (AvgIpc) is 3.06. The van der Waals surface area contributed by atoms with Crippen molar-refractivity contribution in [1.29, 1.82) is 0 Å². The van der Waals surface area contributed by atoms with Crippen LogP contribution in [0.1, 0.15) is 36.0 Å². The first kappa shape index (κ1) is 40.3. The van der Waals surface area contributed by atoms with Crippen LogP contribution in [0.3, 0.4) is 0 Å². The summed E-state index contributed by atoms with van der Waals surface area (Å²) >= 11 is 0. The third-order valence-electron chi connectivity index (χ3n) is 5.96. The molecule has 2 unspecified atom stereocenters. The summed E-state index contributed by atoms with van der Waals surface area (Å²) in [6.07, 6.45) is -0.523. The first-order chi connectivity index (χ1) is 22.3. The number of hydrogen-bond donors (Lipinski definition) is 8. The van der Waals surface area contributed by atoms with Gasteiger partial charge in [-0.15, -0.1) is 5.48 Å². The lowest BCUT2D eigenvalue weighted by molar-refractivity contribution is -0.131. The summed E-state index contributed by atoms with van der Waals surface area (Å²) in [5.41, 5.74) is 2.65. The van der Waals surface area contributed by atoms with Crippen LogP contribution in [0.4, 0.5) is 0 Å². The lowest BCUT2D eigenvalue weighted by atomic mass is 10.1. The number of rotatable bonds is 27.